The number of aliphatic hydroxyl groups is 1. The number of carbonyl (C=O) groups is 4. The molecule has 3 rings (SSSR count). The van der Waals surface area contributed by atoms with Gasteiger partial charge in [-0.25, -0.2) is 9.59 Å². The number of hydrogen-bond acceptors (Lipinski definition) is 7. The average Bonchev–Trinajstić information content (AvgIpc) is 3.07. The van der Waals surface area contributed by atoms with Crippen molar-refractivity contribution in [3.05, 3.63) is 12.7 Å². The fourth-order valence-electron chi connectivity index (χ4n) is 4.92. The van der Waals surface area contributed by atoms with Gasteiger partial charge in [-0.15, -0.1) is 6.58 Å². The summed E-state index contributed by atoms with van der Waals surface area (Å²) in [4.78, 5) is 52.9. The number of amides is 3. The maximum atomic E-state index is 13.6. The molecule has 1 heterocycles. The van der Waals surface area contributed by atoms with Gasteiger partial charge in [-0.2, -0.15) is 0 Å². The largest absolute Gasteiger partial charge is 0.467 e. The van der Waals surface area contributed by atoms with Gasteiger partial charge in [-0.3, -0.25) is 9.59 Å². The number of aliphatic hydroxyl groups excluding tert-OH is 1. The van der Waals surface area contributed by atoms with Gasteiger partial charge < -0.3 is 30.1 Å². The summed E-state index contributed by atoms with van der Waals surface area (Å²) in [7, 11) is 1.24. The first-order valence-electron chi connectivity index (χ1n) is 11.9. The van der Waals surface area contributed by atoms with Crippen LogP contribution in [-0.4, -0.2) is 77.4 Å². The zero-order chi connectivity index (χ0) is 25.3. The van der Waals surface area contributed by atoms with Crippen LogP contribution in [0.4, 0.5) is 4.79 Å². The third-order valence-corrected chi connectivity index (χ3v) is 7.01. The Labute approximate surface area is 200 Å². The summed E-state index contributed by atoms with van der Waals surface area (Å²) < 4.78 is 10.3. The smallest absolute Gasteiger partial charge is 0.408 e. The number of hydrogen-bond donors (Lipinski definition) is 3. The third kappa shape index (κ3) is 5.37. The van der Waals surface area contributed by atoms with Crippen molar-refractivity contribution in [3.63, 3.8) is 0 Å². The number of nitrogens with zero attached hydrogens (tertiary/aromatic N) is 1. The van der Waals surface area contributed by atoms with Gasteiger partial charge in [0.1, 0.15) is 23.7 Å². The van der Waals surface area contributed by atoms with Gasteiger partial charge in [-0.1, -0.05) is 26.8 Å². The second-order valence-corrected chi connectivity index (χ2v) is 10.6. The Balaban J connectivity index is 1.74. The van der Waals surface area contributed by atoms with Crippen molar-refractivity contribution in [1.82, 2.24) is 15.5 Å². The van der Waals surface area contributed by atoms with Gasteiger partial charge >= 0.3 is 12.1 Å². The SMILES string of the molecule is C=CC1CC1(NC(=O)C1CC(O)CN1C(=O)C(NC(=O)OC1CCCC1)C(C)(C)C)C(=O)OC. The van der Waals surface area contributed by atoms with E-state index in [-0.39, 0.29) is 25.0 Å². The fourth-order valence-corrected chi connectivity index (χ4v) is 4.92. The Morgan fingerprint density at radius 3 is 2.38 bits per heavy atom. The van der Waals surface area contributed by atoms with Crippen molar-refractivity contribution >= 4 is 23.9 Å². The lowest BCUT2D eigenvalue weighted by molar-refractivity contribution is -0.148. The summed E-state index contributed by atoms with van der Waals surface area (Å²) in [6, 6.07) is -1.97. The zero-order valence-electron chi connectivity index (χ0n) is 20.5. The molecule has 5 unspecified atom stereocenters. The number of carbonyl (C=O) groups excluding carboxylic acids is 4. The maximum Gasteiger partial charge on any atom is 0.408 e. The van der Waals surface area contributed by atoms with Crippen LogP contribution in [0.1, 0.15) is 59.3 Å². The lowest BCUT2D eigenvalue weighted by Gasteiger charge is -2.35. The molecule has 1 saturated heterocycles. The van der Waals surface area contributed by atoms with Crippen LogP contribution in [0, 0.1) is 11.3 Å². The van der Waals surface area contributed by atoms with Crippen molar-refractivity contribution in [2.24, 2.45) is 11.3 Å². The van der Waals surface area contributed by atoms with Gasteiger partial charge in [0.15, 0.2) is 0 Å². The molecular formula is C24H37N3O7. The molecule has 0 radical (unpaired) electrons. The van der Waals surface area contributed by atoms with E-state index in [9.17, 15) is 24.3 Å². The van der Waals surface area contributed by atoms with Crippen molar-refractivity contribution in [2.45, 2.75) is 89.1 Å². The number of rotatable bonds is 7. The highest BCUT2D eigenvalue weighted by Gasteiger charge is 2.62. The second-order valence-electron chi connectivity index (χ2n) is 10.6. The Morgan fingerprint density at radius 1 is 1.21 bits per heavy atom. The molecule has 190 valence electrons. The third-order valence-electron chi connectivity index (χ3n) is 7.01. The minimum atomic E-state index is -1.21. The van der Waals surface area contributed by atoms with Crippen LogP contribution < -0.4 is 10.6 Å². The second kappa shape index (κ2) is 9.93. The van der Waals surface area contributed by atoms with E-state index in [0.717, 1.165) is 25.7 Å². The molecule has 3 amide bonds. The maximum absolute atomic E-state index is 13.6. The topological polar surface area (TPSA) is 134 Å². The summed E-state index contributed by atoms with van der Waals surface area (Å²) in [6.45, 7) is 9.05. The van der Waals surface area contributed by atoms with E-state index in [4.69, 9.17) is 9.47 Å². The first-order valence-corrected chi connectivity index (χ1v) is 11.9. The standard InChI is InChI=1S/C24H37N3O7/c1-6-14-12-24(14,21(31)33-5)26-19(29)17-11-15(28)13-27(17)20(30)18(23(2,3)4)25-22(32)34-16-9-7-8-10-16/h6,14-18,28H,1,7-13H2,2-5H3,(H,25,32)(H,26,29). The Kier molecular flexibility index (Phi) is 7.59. The molecule has 10 heteroatoms. The number of alkyl carbamates (subject to hydrolysis) is 1. The number of ether oxygens (including phenoxy) is 2. The Morgan fingerprint density at radius 2 is 1.85 bits per heavy atom. The number of likely N-dealkylation sites (tertiary alicyclic amines) is 1. The van der Waals surface area contributed by atoms with E-state index in [1.165, 1.54) is 12.0 Å². The summed E-state index contributed by atoms with van der Waals surface area (Å²) >= 11 is 0. The molecular weight excluding hydrogens is 442 g/mol. The highest BCUT2D eigenvalue weighted by atomic mass is 16.6. The molecule has 10 nitrogen and oxygen atoms in total. The number of β-amino-alcohol motifs (C(OH)–C–C–N with tert-alkyl or cyclic N) is 1. The van der Waals surface area contributed by atoms with Gasteiger partial charge in [0.25, 0.3) is 0 Å². The lowest BCUT2D eigenvalue weighted by atomic mass is 9.85. The average molecular weight is 480 g/mol. The Hall–Kier alpha value is -2.62. The van der Waals surface area contributed by atoms with Crippen LogP contribution in [0.5, 0.6) is 0 Å². The van der Waals surface area contributed by atoms with E-state index >= 15 is 0 Å². The van der Waals surface area contributed by atoms with Gasteiger partial charge in [0, 0.05) is 18.9 Å². The number of methoxy groups -OCH3 is 1. The van der Waals surface area contributed by atoms with Crippen molar-refractivity contribution in [2.75, 3.05) is 13.7 Å². The molecule has 0 spiro atoms. The predicted octanol–water partition coefficient (Wildman–Crippen LogP) is 1.27. The highest BCUT2D eigenvalue weighted by Crippen LogP contribution is 2.45. The lowest BCUT2D eigenvalue weighted by Crippen LogP contribution is -2.59. The fraction of sp³-hybridized carbons (Fsp3) is 0.750. The molecule has 2 saturated carbocycles. The van der Waals surface area contributed by atoms with Crippen LogP contribution in [-0.2, 0) is 23.9 Å². The van der Waals surface area contributed by atoms with Crippen LogP contribution in [0.3, 0.4) is 0 Å². The molecule has 34 heavy (non-hydrogen) atoms. The van der Waals surface area contributed by atoms with Gasteiger partial charge in [-0.05, 0) is 37.5 Å². The van der Waals surface area contributed by atoms with E-state index in [1.807, 2.05) is 0 Å². The summed E-state index contributed by atoms with van der Waals surface area (Å²) in [5, 5.41) is 15.7. The van der Waals surface area contributed by atoms with Gasteiger partial charge in [0.05, 0.1) is 13.2 Å². The summed E-state index contributed by atoms with van der Waals surface area (Å²) in [5.41, 5.74) is -1.89. The highest BCUT2D eigenvalue weighted by molar-refractivity contribution is 5.96. The van der Waals surface area contributed by atoms with Crippen LogP contribution in [0.15, 0.2) is 12.7 Å². The molecule has 0 aromatic rings. The minimum Gasteiger partial charge on any atom is -0.467 e. The molecule has 3 fully saturated rings. The monoisotopic (exact) mass is 479 g/mol. The van der Waals surface area contributed by atoms with E-state index in [2.05, 4.69) is 17.2 Å². The van der Waals surface area contributed by atoms with Crippen molar-refractivity contribution in [3.8, 4) is 0 Å². The molecule has 3 aliphatic rings. The molecule has 5 atom stereocenters. The van der Waals surface area contributed by atoms with Crippen LogP contribution in [0.25, 0.3) is 0 Å². The van der Waals surface area contributed by atoms with Crippen LogP contribution >= 0.6 is 0 Å². The molecule has 0 aromatic carbocycles. The first kappa shape index (κ1) is 26.0. The molecule has 0 bridgehead atoms. The zero-order valence-corrected chi connectivity index (χ0v) is 20.5. The Bertz CT molecular complexity index is 833. The molecule has 0 aromatic heterocycles. The summed E-state index contributed by atoms with van der Waals surface area (Å²) in [5.74, 6) is -1.89. The van der Waals surface area contributed by atoms with Crippen molar-refractivity contribution in [1.29, 1.82) is 0 Å². The van der Waals surface area contributed by atoms with Gasteiger partial charge in [0.2, 0.25) is 11.8 Å². The summed E-state index contributed by atoms with van der Waals surface area (Å²) in [6.07, 6.45) is 3.84. The van der Waals surface area contributed by atoms with E-state index < -0.39 is 53.0 Å². The van der Waals surface area contributed by atoms with E-state index in [1.54, 1.807) is 26.8 Å². The molecule has 2 aliphatic carbocycles. The predicted molar refractivity (Wildman–Crippen MR) is 122 cm³/mol. The minimum absolute atomic E-state index is 0.0248. The van der Waals surface area contributed by atoms with Crippen LogP contribution in [0.2, 0.25) is 0 Å². The quantitative estimate of drug-likeness (QED) is 0.370. The normalized spacial score (nSPS) is 29.8. The molecule has 3 N–H and O–H groups in total. The molecule has 1 aliphatic heterocycles. The van der Waals surface area contributed by atoms with E-state index in [0.29, 0.717) is 6.42 Å². The number of esters is 1. The number of nitrogens with one attached hydrogen (secondary N) is 2. The first-order chi connectivity index (χ1) is 15.9. The van der Waals surface area contributed by atoms with Crippen molar-refractivity contribution < 1.29 is 33.8 Å².